The van der Waals surface area contributed by atoms with Crippen LogP contribution in [-0.2, 0) is 7.05 Å². The van der Waals surface area contributed by atoms with Gasteiger partial charge < -0.3 is 9.64 Å². The molecule has 1 aromatic heterocycles. The fourth-order valence-electron chi connectivity index (χ4n) is 3.11. The van der Waals surface area contributed by atoms with Gasteiger partial charge in [-0.25, -0.2) is 4.68 Å². The summed E-state index contributed by atoms with van der Waals surface area (Å²) in [6, 6.07) is 7.95. The molecular formula is C16H19IN4O3. The normalized spacial score (nSPS) is 15.5. The van der Waals surface area contributed by atoms with Crippen LogP contribution in [0.2, 0.25) is 0 Å². The second-order valence-electron chi connectivity index (χ2n) is 5.87. The molecule has 0 aliphatic carbocycles. The largest absolute Gasteiger partial charge is 0.489 e. The van der Waals surface area contributed by atoms with Crippen LogP contribution in [0.1, 0.15) is 18.5 Å². The summed E-state index contributed by atoms with van der Waals surface area (Å²) >= 11 is 2.27. The lowest BCUT2D eigenvalue weighted by Crippen LogP contribution is -2.39. The van der Waals surface area contributed by atoms with E-state index < -0.39 is 0 Å². The van der Waals surface area contributed by atoms with E-state index in [2.05, 4.69) is 27.7 Å². The Labute approximate surface area is 153 Å². The van der Waals surface area contributed by atoms with Crippen LogP contribution in [0.4, 0.5) is 11.5 Å². The Bertz CT molecular complexity index is 754. The lowest BCUT2D eigenvalue weighted by atomic mass is 10.1. The van der Waals surface area contributed by atoms with Crippen molar-refractivity contribution in [3.8, 4) is 5.75 Å². The summed E-state index contributed by atoms with van der Waals surface area (Å²) in [6.07, 6.45) is 1.78. The summed E-state index contributed by atoms with van der Waals surface area (Å²) in [6.45, 7) is 3.11. The van der Waals surface area contributed by atoms with E-state index in [1.165, 1.54) is 0 Å². The van der Waals surface area contributed by atoms with Crippen LogP contribution in [0.3, 0.4) is 0 Å². The van der Waals surface area contributed by atoms with E-state index in [-0.39, 0.29) is 16.7 Å². The Morgan fingerprint density at radius 1 is 1.33 bits per heavy atom. The molecule has 1 saturated heterocycles. The Morgan fingerprint density at radius 2 is 2.00 bits per heavy atom. The SMILES string of the molecule is Cc1nn(C)c(N2CCC(Oc3ccccc3I)CC2)c1[N+](=O)[O-]. The van der Waals surface area contributed by atoms with Gasteiger partial charge in [-0.05, 0) is 41.6 Å². The lowest BCUT2D eigenvalue weighted by molar-refractivity contribution is -0.384. The second kappa shape index (κ2) is 6.96. The van der Waals surface area contributed by atoms with Crippen LogP contribution in [0.15, 0.2) is 24.3 Å². The van der Waals surface area contributed by atoms with Crippen molar-refractivity contribution in [3.05, 3.63) is 43.6 Å². The van der Waals surface area contributed by atoms with Crippen LogP contribution in [0, 0.1) is 20.6 Å². The molecule has 0 bridgehead atoms. The van der Waals surface area contributed by atoms with Crippen molar-refractivity contribution in [2.24, 2.45) is 7.05 Å². The number of nitrogens with zero attached hydrogens (tertiary/aromatic N) is 4. The van der Waals surface area contributed by atoms with E-state index >= 15 is 0 Å². The van der Waals surface area contributed by atoms with Crippen LogP contribution >= 0.6 is 22.6 Å². The minimum atomic E-state index is -0.341. The number of nitro groups is 1. The quantitative estimate of drug-likeness (QED) is 0.413. The van der Waals surface area contributed by atoms with Crippen LogP contribution in [-0.4, -0.2) is 33.9 Å². The molecule has 8 heteroatoms. The number of benzene rings is 1. The Kier molecular flexibility index (Phi) is 4.93. The number of hydrogen-bond acceptors (Lipinski definition) is 5. The predicted molar refractivity (Wildman–Crippen MR) is 99.6 cm³/mol. The van der Waals surface area contributed by atoms with Crippen LogP contribution < -0.4 is 9.64 Å². The number of aromatic nitrogens is 2. The molecule has 0 amide bonds. The molecule has 2 heterocycles. The minimum absolute atomic E-state index is 0.106. The first-order valence-corrected chi connectivity index (χ1v) is 8.89. The fourth-order valence-corrected chi connectivity index (χ4v) is 3.62. The average Bonchev–Trinajstić information content (AvgIpc) is 2.85. The number of anilines is 1. The highest BCUT2D eigenvalue weighted by molar-refractivity contribution is 14.1. The van der Waals surface area contributed by atoms with Gasteiger partial charge in [0.15, 0.2) is 0 Å². The maximum atomic E-state index is 11.3. The van der Waals surface area contributed by atoms with E-state index in [4.69, 9.17) is 4.74 Å². The standard InChI is InChI=1S/C16H19IN4O3/c1-11-15(21(22)23)16(19(2)18-11)20-9-7-12(8-10-20)24-14-6-4-3-5-13(14)17/h3-6,12H,7-10H2,1-2H3. The summed E-state index contributed by atoms with van der Waals surface area (Å²) in [5, 5.41) is 15.5. The van der Waals surface area contributed by atoms with Gasteiger partial charge in [0.1, 0.15) is 17.5 Å². The average molecular weight is 442 g/mol. The second-order valence-corrected chi connectivity index (χ2v) is 7.04. The molecular weight excluding hydrogens is 423 g/mol. The van der Waals surface area contributed by atoms with Crippen molar-refractivity contribution < 1.29 is 9.66 Å². The molecule has 1 aromatic carbocycles. The highest BCUT2D eigenvalue weighted by atomic mass is 127. The number of hydrogen-bond donors (Lipinski definition) is 0. The van der Waals surface area contributed by atoms with Crippen molar-refractivity contribution in [1.82, 2.24) is 9.78 Å². The molecule has 0 saturated carbocycles. The van der Waals surface area contributed by atoms with Gasteiger partial charge in [-0.15, -0.1) is 0 Å². The fraction of sp³-hybridized carbons (Fsp3) is 0.438. The van der Waals surface area contributed by atoms with Gasteiger partial charge in [0, 0.05) is 33.0 Å². The maximum Gasteiger partial charge on any atom is 0.333 e. The Hall–Kier alpha value is -1.84. The molecule has 1 aliphatic rings. The third-order valence-electron chi connectivity index (χ3n) is 4.22. The number of ether oxygens (including phenoxy) is 1. The predicted octanol–water partition coefficient (Wildman–Crippen LogP) is 3.29. The molecule has 128 valence electrons. The van der Waals surface area contributed by atoms with E-state index in [0.717, 1.165) is 22.2 Å². The number of halogens is 1. The van der Waals surface area contributed by atoms with Crippen molar-refractivity contribution in [3.63, 3.8) is 0 Å². The van der Waals surface area contributed by atoms with Crippen molar-refractivity contribution in [2.45, 2.75) is 25.9 Å². The maximum absolute atomic E-state index is 11.3. The molecule has 7 nitrogen and oxygen atoms in total. The molecule has 0 radical (unpaired) electrons. The zero-order valence-electron chi connectivity index (χ0n) is 13.6. The Balaban J connectivity index is 1.70. The van der Waals surface area contributed by atoms with E-state index in [9.17, 15) is 10.1 Å². The van der Waals surface area contributed by atoms with Gasteiger partial charge in [0.25, 0.3) is 0 Å². The first kappa shape index (κ1) is 17.0. The molecule has 3 rings (SSSR count). The zero-order valence-corrected chi connectivity index (χ0v) is 15.8. The number of para-hydroxylation sites is 1. The lowest BCUT2D eigenvalue weighted by Gasteiger charge is -2.33. The summed E-state index contributed by atoms with van der Waals surface area (Å²) in [7, 11) is 1.75. The summed E-state index contributed by atoms with van der Waals surface area (Å²) in [5.74, 6) is 1.49. The molecule has 0 unspecified atom stereocenters. The van der Waals surface area contributed by atoms with Gasteiger partial charge in [-0.1, -0.05) is 12.1 Å². The molecule has 2 aromatic rings. The van der Waals surface area contributed by atoms with Gasteiger partial charge >= 0.3 is 5.69 Å². The van der Waals surface area contributed by atoms with E-state index in [0.29, 0.717) is 24.6 Å². The van der Waals surface area contributed by atoms with E-state index in [1.54, 1.807) is 18.7 Å². The molecule has 1 aliphatic heterocycles. The summed E-state index contributed by atoms with van der Waals surface area (Å²) in [4.78, 5) is 13.0. The molecule has 24 heavy (non-hydrogen) atoms. The monoisotopic (exact) mass is 442 g/mol. The smallest absolute Gasteiger partial charge is 0.333 e. The van der Waals surface area contributed by atoms with Crippen molar-refractivity contribution in [1.29, 1.82) is 0 Å². The first-order chi connectivity index (χ1) is 11.5. The molecule has 0 N–H and O–H groups in total. The van der Waals surface area contributed by atoms with Crippen LogP contribution in [0.5, 0.6) is 5.75 Å². The molecule has 0 atom stereocenters. The summed E-state index contributed by atoms with van der Waals surface area (Å²) in [5.41, 5.74) is 0.559. The van der Waals surface area contributed by atoms with Crippen LogP contribution in [0.25, 0.3) is 0 Å². The van der Waals surface area contributed by atoms with Crippen molar-refractivity contribution >= 4 is 34.1 Å². The van der Waals surface area contributed by atoms with Gasteiger partial charge in [0.05, 0.1) is 8.49 Å². The van der Waals surface area contributed by atoms with Gasteiger partial charge in [0.2, 0.25) is 5.82 Å². The number of piperidine rings is 1. The minimum Gasteiger partial charge on any atom is -0.489 e. The van der Waals surface area contributed by atoms with E-state index in [1.807, 2.05) is 29.2 Å². The number of aryl methyl sites for hydroxylation is 2. The van der Waals surface area contributed by atoms with Gasteiger partial charge in [-0.2, -0.15) is 5.10 Å². The van der Waals surface area contributed by atoms with Gasteiger partial charge in [-0.3, -0.25) is 10.1 Å². The topological polar surface area (TPSA) is 73.4 Å². The Morgan fingerprint density at radius 3 is 2.62 bits per heavy atom. The summed E-state index contributed by atoms with van der Waals surface area (Å²) < 4.78 is 8.79. The highest BCUT2D eigenvalue weighted by Crippen LogP contribution is 2.33. The molecule has 1 fully saturated rings. The third-order valence-corrected chi connectivity index (χ3v) is 5.11. The zero-order chi connectivity index (χ0) is 17.3. The van der Waals surface area contributed by atoms with Crippen molar-refractivity contribution in [2.75, 3.05) is 18.0 Å². The molecule has 0 spiro atoms. The number of rotatable bonds is 4. The first-order valence-electron chi connectivity index (χ1n) is 7.81. The highest BCUT2D eigenvalue weighted by Gasteiger charge is 2.31. The third kappa shape index (κ3) is 3.33.